The third kappa shape index (κ3) is 6.98. The van der Waals surface area contributed by atoms with Gasteiger partial charge in [-0.15, -0.1) is 0 Å². The Morgan fingerprint density at radius 3 is 2.21 bits per heavy atom. The molecular weight excluding hydrogens is 429 g/mol. The number of hydrogen-bond donors (Lipinski definition) is 0. The van der Waals surface area contributed by atoms with Crippen LogP contribution in [0.5, 0.6) is 0 Å². The fourth-order valence-electron chi connectivity index (χ4n) is 4.17. The fourth-order valence-corrected chi connectivity index (χ4v) is 4.17. The van der Waals surface area contributed by atoms with Gasteiger partial charge in [-0.3, -0.25) is 4.39 Å². The summed E-state index contributed by atoms with van der Waals surface area (Å²) in [6.45, 7) is 13.3. The summed E-state index contributed by atoms with van der Waals surface area (Å²) in [6.07, 6.45) is 6.02. The highest BCUT2D eigenvalue weighted by Gasteiger charge is 2.20. The Balaban J connectivity index is 2.54. The summed E-state index contributed by atoms with van der Waals surface area (Å²) < 4.78 is 44.5. The van der Waals surface area contributed by atoms with Gasteiger partial charge in [-0.2, -0.15) is 0 Å². The van der Waals surface area contributed by atoms with Crippen LogP contribution in [0.4, 0.5) is 13.2 Å². The molecule has 0 fully saturated rings. The molecule has 1 atom stereocenters. The lowest BCUT2D eigenvalue weighted by Gasteiger charge is -2.20. The number of allylic oxidation sites excluding steroid dienone is 5. The molecule has 184 valence electrons. The van der Waals surface area contributed by atoms with Gasteiger partial charge in [0.25, 0.3) is 0 Å². The molecule has 2 rings (SSSR count). The third-order valence-corrected chi connectivity index (χ3v) is 6.62. The van der Waals surface area contributed by atoms with E-state index in [2.05, 4.69) is 13.5 Å². The zero-order valence-electron chi connectivity index (χ0n) is 21.4. The summed E-state index contributed by atoms with van der Waals surface area (Å²) in [7, 11) is 0. The Morgan fingerprint density at radius 1 is 1.00 bits per heavy atom. The highest BCUT2D eigenvalue weighted by molar-refractivity contribution is 5.71. The van der Waals surface area contributed by atoms with Crippen LogP contribution in [0.25, 0.3) is 5.57 Å². The largest absolute Gasteiger partial charge is 0.250 e. The number of halogens is 3. The lowest BCUT2D eigenvalue weighted by atomic mass is 9.85. The van der Waals surface area contributed by atoms with Crippen LogP contribution in [0, 0.1) is 19.7 Å². The minimum atomic E-state index is -0.595. The number of benzene rings is 2. The molecule has 0 heterocycles. The average Bonchev–Trinajstić information content (AvgIpc) is 2.83. The molecule has 34 heavy (non-hydrogen) atoms. The summed E-state index contributed by atoms with van der Waals surface area (Å²) in [5.41, 5.74) is 5.78. The first kappa shape index (κ1) is 27.7. The van der Waals surface area contributed by atoms with Gasteiger partial charge < -0.3 is 0 Å². The molecule has 0 aromatic heterocycles. The Labute approximate surface area is 204 Å². The van der Waals surface area contributed by atoms with Gasteiger partial charge in [0, 0.05) is 5.92 Å². The minimum Gasteiger partial charge on any atom is -0.250 e. The van der Waals surface area contributed by atoms with Crippen molar-refractivity contribution in [3.63, 3.8) is 0 Å². The smallest absolute Gasteiger partial charge is 0.127 e. The Morgan fingerprint density at radius 2 is 1.68 bits per heavy atom. The molecule has 0 aliphatic rings. The zero-order chi connectivity index (χ0) is 25.3. The summed E-state index contributed by atoms with van der Waals surface area (Å²) in [4.78, 5) is 0. The molecule has 0 radical (unpaired) electrons. The summed E-state index contributed by atoms with van der Waals surface area (Å²) in [5.74, 6) is -1.23. The van der Waals surface area contributed by atoms with Crippen LogP contribution in [0.2, 0.25) is 0 Å². The molecule has 0 aliphatic carbocycles. The number of unbranched alkanes of at least 4 members (excludes halogenated alkanes) is 1. The number of alkyl halides is 1. The fraction of sp³-hybridized carbons (Fsp3) is 0.419. The molecule has 0 nitrogen and oxygen atoms in total. The molecule has 0 bridgehead atoms. The Hall–Kier alpha value is -2.55. The van der Waals surface area contributed by atoms with Crippen molar-refractivity contribution in [1.29, 1.82) is 0 Å². The average molecular weight is 469 g/mol. The van der Waals surface area contributed by atoms with Gasteiger partial charge in [-0.1, -0.05) is 70.5 Å². The van der Waals surface area contributed by atoms with Gasteiger partial charge in [0.2, 0.25) is 0 Å². The first-order valence-corrected chi connectivity index (χ1v) is 12.5. The lowest BCUT2D eigenvalue weighted by molar-refractivity contribution is 0.458. The highest BCUT2D eigenvalue weighted by atomic mass is 19.1. The van der Waals surface area contributed by atoms with Crippen LogP contribution in [-0.2, 0) is 6.42 Å². The van der Waals surface area contributed by atoms with Crippen LogP contribution < -0.4 is 0 Å². The van der Waals surface area contributed by atoms with Crippen LogP contribution >= 0.6 is 0 Å². The number of hydrogen-bond acceptors (Lipinski definition) is 0. The van der Waals surface area contributed by atoms with Crippen LogP contribution in [0.15, 0.2) is 66.0 Å². The quantitative estimate of drug-likeness (QED) is 0.272. The van der Waals surface area contributed by atoms with E-state index >= 15 is 4.39 Å². The number of aryl methyl sites for hydroxylation is 2. The molecule has 0 saturated heterocycles. The second-order valence-corrected chi connectivity index (χ2v) is 9.08. The molecule has 3 heteroatoms. The molecule has 1 unspecified atom stereocenters. The molecule has 0 N–H and O–H groups in total. The molecule has 2 aromatic rings. The zero-order valence-corrected chi connectivity index (χ0v) is 21.4. The minimum absolute atomic E-state index is 0.327. The van der Waals surface area contributed by atoms with Gasteiger partial charge in [-0.25, -0.2) is 8.78 Å². The molecule has 0 amide bonds. The van der Waals surface area contributed by atoms with Crippen molar-refractivity contribution >= 4 is 5.57 Å². The monoisotopic (exact) mass is 468 g/mol. The highest BCUT2D eigenvalue weighted by Crippen LogP contribution is 2.35. The number of rotatable bonds is 12. The Kier molecular flexibility index (Phi) is 10.9. The molecule has 2 aromatic carbocycles. The molecule has 0 saturated carbocycles. The van der Waals surface area contributed by atoms with E-state index in [4.69, 9.17) is 0 Å². The van der Waals surface area contributed by atoms with E-state index in [0.29, 0.717) is 40.7 Å². The van der Waals surface area contributed by atoms with E-state index in [-0.39, 0.29) is 11.6 Å². The molecule has 0 spiro atoms. The van der Waals surface area contributed by atoms with E-state index < -0.39 is 12.6 Å². The van der Waals surface area contributed by atoms with E-state index in [1.165, 1.54) is 17.7 Å². The summed E-state index contributed by atoms with van der Waals surface area (Å²) in [6, 6.07) is 11.2. The van der Waals surface area contributed by atoms with Crippen LogP contribution in [0.1, 0.15) is 86.6 Å². The third-order valence-electron chi connectivity index (χ3n) is 6.62. The lowest BCUT2D eigenvalue weighted by Crippen LogP contribution is -2.07. The molecule has 0 aliphatic heterocycles. The topological polar surface area (TPSA) is 0 Å². The van der Waals surface area contributed by atoms with Gasteiger partial charge in [-0.05, 0) is 96.2 Å². The van der Waals surface area contributed by atoms with Gasteiger partial charge in [0.15, 0.2) is 0 Å². The normalized spacial score (nSPS) is 13.6. The van der Waals surface area contributed by atoms with Gasteiger partial charge >= 0.3 is 0 Å². The standard InChI is InChI=1S/C31H39F3/c1-7-10-12-28(27-17-21(4)22(5)30(33)19-27)31(34)18-26(11-8-2)23(6)29(20-32)25-15-13-24(9-3)14-16-25/h13-19,29H,6-12,20H2,1-5H3/b26-18-,31-28-. The van der Waals surface area contributed by atoms with Crippen molar-refractivity contribution in [3.05, 3.63) is 99.7 Å². The predicted octanol–water partition coefficient (Wildman–Crippen LogP) is 9.91. The van der Waals surface area contributed by atoms with Crippen molar-refractivity contribution in [3.8, 4) is 0 Å². The second-order valence-electron chi connectivity index (χ2n) is 9.08. The maximum absolute atomic E-state index is 15.8. The predicted molar refractivity (Wildman–Crippen MR) is 140 cm³/mol. The van der Waals surface area contributed by atoms with Crippen LogP contribution in [-0.4, -0.2) is 6.67 Å². The first-order valence-electron chi connectivity index (χ1n) is 12.5. The first-order chi connectivity index (χ1) is 16.3. The maximum atomic E-state index is 15.8. The summed E-state index contributed by atoms with van der Waals surface area (Å²) in [5, 5.41) is 0. The van der Waals surface area contributed by atoms with E-state index in [1.807, 2.05) is 51.1 Å². The van der Waals surface area contributed by atoms with E-state index in [0.717, 1.165) is 36.8 Å². The Bertz CT molecular complexity index is 1000. The second kappa shape index (κ2) is 13.4. The van der Waals surface area contributed by atoms with Crippen molar-refractivity contribution in [1.82, 2.24) is 0 Å². The van der Waals surface area contributed by atoms with Crippen molar-refractivity contribution < 1.29 is 13.2 Å². The van der Waals surface area contributed by atoms with Crippen LogP contribution in [0.3, 0.4) is 0 Å². The van der Waals surface area contributed by atoms with Gasteiger partial charge in [0.05, 0.1) is 0 Å². The SMILES string of the molecule is C=C(/C(=C\C(F)=C(/CCCC)c1cc(C)c(C)c(F)c1)CCC)C(CF)c1ccc(CC)cc1. The van der Waals surface area contributed by atoms with Crippen molar-refractivity contribution in [2.75, 3.05) is 6.67 Å². The van der Waals surface area contributed by atoms with Crippen molar-refractivity contribution in [2.24, 2.45) is 0 Å². The van der Waals surface area contributed by atoms with Gasteiger partial charge in [0.1, 0.15) is 18.3 Å². The van der Waals surface area contributed by atoms with E-state index in [1.54, 1.807) is 6.92 Å². The van der Waals surface area contributed by atoms with E-state index in [9.17, 15) is 8.78 Å². The molecular formula is C31H39F3. The summed E-state index contributed by atoms with van der Waals surface area (Å²) >= 11 is 0. The maximum Gasteiger partial charge on any atom is 0.127 e. The van der Waals surface area contributed by atoms with Crippen molar-refractivity contribution in [2.45, 2.75) is 79.1 Å².